The lowest BCUT2D eigenvalue weighted by Gasteiger charge is -2.24. The van der Waals surface area contributed by atoms with Crippen LogP contribution in [-0.2, 0) is 4.74 Å². The number of carbonyl (C=O) groups is 1. The summed E-state index contributed by atoms with van der Waals surface area (Å²) in [4.78, 5) is 18.5. The number of nitrogens with one attached hydrogen (secondary N) is 3. The molecule has 0 saturated heterocycles. The average Bonchev–Trinajstić information content (AvgIpc) is 2.61. The Bertz CT molecular complexity index is 411. The number of ether oxygens (including phenoxy) is 1. The number of guanidine groups is 1. The lowest BCUT2D eigenvalue weighted by molar-refractivity contribution is 0.146. The summed E-state index contributed by atoms with van der Waals surface area (Å²) in [5, 5.41) is 9.70. The summed E-state index contributed by atoms with van der Waals surface area (Å²) in [5.41, 5.74) is 0. The van der Waals surface area contributed by atoms with Gasteiger partial charge in [0, 0.05) is 25.7 Å². The van der Waals surface area contributed by atoms with E-state index in [-0.39, 0.29) is 12.1 Å². The van der Waals surface area contributed by atoms with E-state index >= 15 is 0 Å². The molecule has 0 aliphatic carbocycles. The molecular weight excluding hydrogens is 342 g/mol. The van der Waals surface area contributed by atoms with Crippen molar-refractivity contribution in [2.24, 2.45) is 10.9 Å². The van der Waals surface area contributed by atoms with Gasteiger partial charge in [0.05, 0.1) is 6.61 Å². The third-order valence-corrected chi connectivity index (χ3v) is 4.48. The third kappa shape index (κ3) is 13.3. The highest BCUT2D eigenvalue weighted by Crippen LogP contribution is 2.05. The highest BCUT2D eigenvalue weighted by Gasteiger charge is 2.16. The predicted octanol–water partition coefficient (Wildman–Crippen LogP) is 2.82. The zero-order valence-corrected chi connectivity index (χ0v) is 18.6. The SMILES string of the molecule is CCOC(=O)NC(CNC(=NC)NC(C)CCCN(CC)CC)CC(C)C. The molecule has 0 aromatic heterocycles. The fourth-order valence-electron chi connectivity index (χ4n) is 2.98. The van der Waals surface area contributed by atoms with Crippen LogP contribution in [-0.4, -0.2) is 68.9 Å². The quantitative estimate of drug-likeness (QED) is 0.336. The minimum atomic E-state index is -0.363. The number of nitrogens with zero attached hydrogens (tertiary/aromatic N) is 2. The van der Waals surface area contributed by atoms with Gasteiger partial charge in [-0.25, -0.2) is 4.79 Å². The number of hydrogen-bond donors (Lipinski definition) is 3. The maximum Gasteiger partial charge on any atom is 0.407 e. The van der Waals surface area contributed by atoms with E-state index in [2.05, 4.69) is 60.5 Å². The number of aliphatic imine (C=N–C) groups is 1. The molecule has 0 aromatic rings. The van der Waals surface area contributed by atoms with E-state index in [4.69, 9.17) is 4.74 Å². The molecular formula is C20H43N5O2. The lowest BCUT2D eigenvalue weighted by Crippen LogP contribution is -2.49. The summed E-state index contributed by atoms with van der Waals surface area (Å²) in [6.45, 7) is 17.0. The fraction of sp³-hybridized carbons (Fsp3) is 0.900. The van der Waals surface area contributed by atoms with Crippen LogP contribution in [0.1, 0.15) is 60.8 Å². The van der Waals surface area contributed by atoms with Gasteiger partial charge in [-0.15, -0.1) is 0 Å². The molecule has 7 nitrogen and oxygen atoms in total. The van der Waals surface area contributed by atoms with Crippen molar-refractivity contribution in [1.82, 2.24) is 20.9 Å². The minimum absolute atomic E-state index is 0.000530. The number of carbonyl (C=O) groups excluding carboxylic acids is 1. The van der Waals surface area contributed by atoms with E-state index in [1.807, 2.05) is 6.92 Å². The molecule has 160 valence electrons. The fourth-order valence-corrected chi connectivity index (χ4v) is 2.98. The number of rotatable bonds is 13. The van der Waals surface area contributed by atoms with Crippen molar-refractivity contribution in [3.63, 3.8) is 0 Å². The molecule has 0 radical (unpaired) electrons. The standard InChI is InChI=1S/C20H43N5O2/c1-8-25(9-2)13-11-12-17(6)23-19(21-7)22-15-18(14-16(4)5)24-20(26)27-10-3/h16-18H,8-15H2,1-7H3,(H,24,26)(H2,21,22,23). The monoisotopic (exact) mass is 385 g/mol. The summed E-state index contributed by atoms with van der Waals surface area (Å²) < 4.78 is 5.01. The molecule has 27 heavy (non-hydrogen) atoms. The molecule has 0 fully saturated rings. The molecule has 0 bridgehead atoms. The maximum atomic E-state index is 11.7. The molecule has 1 amide bonds. The summed E-state index contributed by atoms with van der Waals surface area (Å²) in [6.07, 6.45) is 2.76. The minimum Gasteiger partial charge on any atom is -0.450 e. The van der Waals surface area contributed by atoms with Gasteiger partial charge in [0.1, 0.15) is 0 Å². The van der Waals surface area contributed by atoms with E-state index in [0.717, 1.165) is 44.9 Å². The molecule has 7 heteroatoms. The van der Waals surface area contributed by atoms with Crippen molar-refractivity contribution >= 4 is 12.1 Å². The molecule has 0 spiro atoms. The van der Waals surface area contributed by atoms with Crippen LogP contribution in [0.25, 0.3) is 0 Å². The molecule has 0 aromatic carbocycles. The summed E-state index contributed by atoms with van der Waals surface area (Å²) in [7, 11) is 1.77. The second-order valence-electron chi connectivity index (χ2n) is 7.36. The van der Waals surface area contributed by atoms with Crippen LogP contribution in [0.3, 0.4) is 0 Å². The first kappa shape index (κ1) is 25.5. The second kappa shape index (κ2) is 15.5. The van der Waals surface area contributed by atoms with E-state index in [1.165, 1.54) is 0 Å². The van der Waals surface area contributed by atoms with Crippen molar-refractivity contribution in [3.05, 3.63) is 0 Å². The Labute approximate surface area is 166 Å². The first-order valence-electron chi connectivity index (χ1n) is 10.5. The molecule has 2 atom stereocenters. The molecule has 0 aliphatic heterocycles. The van der Waals surface area contributed by atoms with Crippen molar-refractivity contribution in [3.8, 4) is 0 Å². The zero-order valence-electron chi connectivity index (χ0n) is 18.6. The Morgan fingerprint density at radius 3 is 2.30 bits per heavy atom. The summed E-state index contributed by atoms with van der Waals surface area (Å²) in [5.74, 6) is 1.25. The van der Waals surface area contributed by atoms with Crippen LogP contribution in [0.15, 0.2) is 4.99 Å². The topological polar surface area (TPSA) is 78.0 Å². The van der Waals surface area contributed by atoms with Gasteiger partial charge >= 0.3 is 6.09 Å². The van der Waals surface area contributed by atoms with Crippen LogP contribution in [0.4, 0.5) is 4.79 Å². The predicted molar refractivity (Wildman–Crippen MR) is 114 cm³/mol. The Kier molecular flexibility index (Phi) is 14.7. The Morgan fingerprint density at radius 2 is 1.78 bits per heavy atom. The third-order valence-electron chi connectivity index (χ3n) is 4.48. The number of amides is 1. The van der Waals surface area contributed by atoms with E-state index in [9.17, 15) is 4.79 Å². The van der Waals surface area contributed by atoms with Crippen LogP contribution < -0.4 is 16.0 Å². The zero-order chi connectivity index (χ0) is 20.7. The molecule has 0 aliphatic rings. The lowest BCUT2D eigenvalue weighted by atomic mass is 10.0. The smallest absolute Gasteiger partial charge is 0.407 e. The largest absolute Gasteiger partial charge is 0.450 e. The number of alkyl carbamates (subject to hydrolysis) is 1. The summed E-state index contributed by atoms with van der Waals surface area (Å²) in [6, 6.07) is 0.342. The Hall–Kier alpha value is -1.50. The van der Waals surface area contributed by atoms with Crippen molar-refractivity contribution in [2.75, 3.05) is 39.8 Å². The van der Waals surface area contributed by atoms with Gasteiger partial charge in [0.15, 0.2) is 5.96 Å². The van der Waals surface area contributed by atoms with Gasteiger partial charge in [0.25, 0.3) is 0 Å². The molecule has 0 heterocycles. The molecule has 0 saturated carbocycles. The molecule has 3 N–H and O–H groups in total. The molecule has 2 unspecified atom stereocenters. The van der Waals surface area contributed by atoms with Crippen LogP contribution in [0.2, 0.25) is 0 Å². The summed E-state index contributed by atoms with van der Waals surface area (Å²) >= 11 is 0. The second-order valence-corrected chi connectivity index (χ2v) is 7.36. The van der Waals surface area contributed by atoms with Gasteiger partial charge < -0.3 is 25.6 Å². The maximum absolute atomic E-state index is 11.7. The highest BCUT2D eigenvalue weighted by atomic mass is 16.5. The van der Waals surface area contributed by atoms with Gasteiger partial charge in [-0.2, -0.15) is 0 Å². The number of hydrogen-bond acceptors (Lipinski definition) is 4. The first-order chi connectivity index (χ1) is 12.9. The van der Waals surface area contributed by atoms with Gasteiger partial charge in [-0.05, 0) is 58.7 Å². The van der Waals surface area contributed by atoms with Crippen LogP contribution >= 0.6 is 0 Å². The Balaban J connectivity index is 4.39. The van der Waals surface area contributed by atoms with Crippen molar-refractivity contribution < 1.29 is 9.53 Å². The average molecular weight is 386 g/mol. The van der Waals surface area contributed by atoms with Gasteiger partial charge in [0.2, 0.25) is 0 Å². The Morgan fingerprint density at radius 1 is 1.11 bits per heavy atom. The van der Waals surface area contributed by atoms with Crippen molar-refractivity contribution in [1.29, 1.82) is 0 Å². The molecule has 0 rings (SSSR count). The van der Waals surface area contributed by atoms with Gasteiger partial charge in [-0.3, -0.25) is 4.99 Å². The van der Waals surface area contributed by atoms with Gasteiger partial charge in [-0.1, -0.05) is 27.7 Å². The van der Waals surface area contributed by atoms with E-state index in [0.29, 0.717) is 25.1 Å². The van der Waals surface area contributed by atoms with E-state index < -0.39 is 0 Å². The van der Waals surface area contributed by atoms with Crippen molar-refractivity contribution in [2.45, 2.75) is 72.9 Å². The van der Waals surface area contributed by atoms with Crippen LogP contribution in [0.5, 0.6) is 0 Å². The van der Waals surface area contributed by atoms with Crippen LogP contribution in [0, 0.1) is 5.92 Å². The van der Waals surface area contributed by atoms with E-state index in [1.54, 1.807) is 7.05 Å². The highest BCUT2D eigenvalue weighted by molar-refractivity contribution is 5.80. The first-order valence-corrected chi connectivity index (χ1v) is 10.5. The normalized spacial score (nSPS) is 14.2.